The van der Waals surface area contributed by atoms with Gasteiger partial charge in [-0.2, -0.15) is 10.1 Å². The van der Waals surface area contributed by atoms with Crippen molar-refractivity contribution in [2.24, 2.45) is 16.9 Å². The summed E-state index contributed by atoms with van der Waals surface area (Å²) in [6, 6.07) is 22.0. The molecule has 2 aromatic carbocycles. The van der Waals surface area contributed by atoms with Crippen LogP contribution in [0.5, 0.6) is 0 Å². The van der Waals surface area contributed by atoms with Crippen LogP contribution in [-0.4, -0.2) is 23.8 Å². The topological polar surface area (TPSA) is 92.7 Å². The Morgan fingerprint density at radius 2 is 1.76 bits per heavy atom. The van der Waals surface area contributed by atoms with E-state index in [1.807, 2.05) is 24.3 Å². The quantitative estimate of drug-likeness (QED) is 0.392. The van der Waals surface area contributed by atoms with Gasteiger partial charge in [-0.1, -0.05) is 85.8 Å². The highest BCUT2D eigenvalue weighted by Gasteiger charge is 2.38. The van der Waals surface area contributed by atoms with E-state index >= 15 is 0 Å². The van der Waals surface area contributed by atoms with Crippen LogP contribution in [0.4, 0.5) is 5.13 Å². The number of esters is 1. The Kier molecular flexibility index (Phi) is 7.49. The summed E-state index contributed by atoms with van der Waals surface area (Å²) in [6.07, 6.45) is 0.703. The number of carbonyl (C=O) groups excluding carboxylic acids is 1. The van der Waals surface area contributed by atoms with Crippen molar-refractivity contribution in [2.45, 2.75) is 32.4 Å². The van der Waals surface area contributed by atoms with Gasteiger partial charge >= 0.3 is 5.97 Å². The van der Waals surface area contributed by atoms with E-state index in [9.17, 15) is 9.59 Å². The van der Waals surface area contributed by atoms with E-state index in [1.165, 1.54) is 24.3 Å². The summed E-state index contributed by atoms with van der Waals surface area (Å²) >= 11 is 1.04. The fraction of sp³-hybridized carbons (Fsp3) is 0.308. The monoisotopic (exact) mass is 476 g/mol. The molecule has 34 heavy (non-hydrogen) atoms. The summed E-state index contributed by atoms with van der Waals surface area (Å²) in [6.45, 7) is 4.38. The van der Waals surface area contributed by atoms with Crippen molar-refractivity contribution < 1.29 is 9.53 Å². The molecule has 1 aromatic heterocycles. The molecule has 176 valence electrons. The van der Waals surface area contributed by atoms with Crippen LogP contribution in [0.1, 0.15) is 53.2 Å². The zero-order valence-electron chi connectivity index (χ0n) is 19.4. The molecule has 1 saturated heterocycles. The summed E-state index contributed by atoms with van der Waals surface area (Å²) in [5.74, 6) is -0.145. The van der Waals surface area contributed by atoms with Crippen molar-refractivity contribution in [3.05, 3.63) is 93.1 Å². The molecule has 0 radical (unpaired) electrons. The van der Waals surface area contributed by atoms with Crippen molar-refractivity contribution in [1.29, 1.82) is 0 Å². The first kappa shape index (κ1) is 23.8. The number of methoxy groups -OCH3 is 1. The van der Waals surface area contributed by atoms with Gasteiger partial charge in [0.1, 0.15) is 4.88 Å². The third kappa shape index (κ3) is 5.40. The molecule has 8 heteroatoms. The summed E-state index contributed by atoms with van der Waals surface area (Å²) in [7, 11) is 1.28. The number of ether oxygens (including phenoxy) is 1. The molecule has 4 rings (SSSR count). The average Bonchev–Trinajstić information content (AvgIpc) is 2.87. The number of nitrogens with one attached hydrogen (secondary N) is 2. The standard InChI is InChI=1S/C26H28N4O3S/c1-16(2)23-20(29-30-26-28-22(31)15-21(34-26)25(32)33-3)14-19(17-10-6-4-7-11-17)27-24(23)18-12-8-5-9-13-18/h4-13,15-16,19,23-24,27H,14H2,1-3H3,(H,28,30,31)/b29-20-. The lowest BCUT2D eigenvalue weighted by Gasteiger charge is -2.41. The van der Waals surface area contributed by atoms with E-state index in [1.54, 1.807) is 0 Å². The van der Waals surface area contributed by atoms with Gasteiger partial charge in [-0.15, -0.1) is 0 Å². The molecular formula is C26H28N4O3S. The minimum atomic E-state index is -0.574. The number of nitrogens with zero attached hydrogens (tertiary/aromatic N) is 2. The number of carbonyl (C=O) groups is 1. The molecule has 2 heterocycles. The summed E-state index contributed by atoms with van der Waals surface area (Å²) in [4.78, 5) is 28.1. The normalized spacial score (nSPS) is 21.4. The first-order valence-electron chi connectivity index (χ1n) is 11.2. The maximum Gasteiger partial charge on any atom is 0.348 e. The van der Waals surface area contributed by atoms with Gasteiger partial charge in [0.2, 0.25) is 5.13 Å². The van der Waals surface area contributed by atoms with Crippen LogP contribution in [0.25, 0.3) is 0 Å². The Morgan fingerprint density at radius 1 is 1.12 bits per heavy atom. The second kappa shape index (κ2) is 10.7. The highest BCUT2D eigenvalue weighted by atomic mass is 32.1. The Morgan fingerprint density at radius 3 is 2.38 bits per heavy atom. The molecule has 0 spiro atoms. The molecule has 0 saturated carbocycles. The Hall–Kier alpha value is -3.36. The zero-order chi connectivity index (χ0) is 24.1. The summed E-state index contributed by atoms with van der Waals surface area (Å²) < 4.78 is 4.75. The zero-order valence-corrected chi connectivity index (χ0v) is 20.2. The SMILES string of the molecule is COC(=O)c1cc(=O)nc(N/N=C2/CC(c3ccccc3)NC(c3ccccc3)C2C(C)C)s1. The molecule has 0 bridgehead atoms. The van der Waals surface area contributed by atoms with E-state index in [2.05, 4.69) is 66.0 Å². The molecule has 1 aliphatic heterocycles. The number of hydrogen-bond donors (Lipinski definition) is 2. The Balaban J connectivity index is 1.72. The third-order valence-corrected chi connectivity index (χ3v) is 6.85. The van der Waals surface area contributed by atoms with Crippen LogP contribution in [0.2, 0.25) is 0 Å². The number of piperidine rings is 1. The predicted molar refractivity (Wildman–Crippen MR) is 135 cm³/mol. The highest BCUT2D eigenvalue weighted by molar-refractivity contribution is 7.17. The molecule has 2 N–H and O–H groups in total. The molecule has 3 aromatic rings. The van der Waals surface area contributed by atoms with Gasteiger partial charge in [0.25, 0.3) is 5.56 Å². The predicted octanol–water partition coefficient (Wildman–Crippen LogP) is 4.81. The van der Waals surface area contributed by atoms with Crippen LogP contribution < -0.4 is 16.3 Å². The van der Waals surface area contributed by atoms with E-state index in [0.29, 0.717) is 12.3 Å². The molecule has 1 aliphatic rings. The van der Waals surface area contributed by atoms with Gasteiger partial charge in [0, 0.05) is 36.2 Å². The van der Waals surface area contributed by atoms with Gasteiger partial charge in [-0.05, 0) is 17.0 Å². The molecular weight excluding hydrogens is 448 g/mol. The number of benzene rings is 2. The van der Waals surface area contributed by atoms with Crippen LogP contribution in [-0.2, 0) is 4.74 Å². The van der Waals surface area contributed by atoms with E-state index in [-0.39, 0.29) is 28.0 Å². The van der Waals surface area contributed by atoms with E-state index in [4.69, 9.17) is 9.84 Å². The van der Waals surface area contributed by atoms with Crippen molar-refractivity contribution in [3.8, 4) is 0 Å². The maximum absolute atomic E-state index is 12.0. The molecule has 3 atom stereocenters. The van der Waals surface area contributed by atoms with Gasteiger partial charge < -0.3 is 10.1 Å². The van der Waals surface area contributed by atoms with Crippen LogP contribution in [0, 0.1) is 11.8 Å². The smallest absolute Gasteiger partial charge is 0.348 e. The molecule has 1 fully saturated rings. The summed E-state index contributed by atoms with van der Waals surface area (Å²) in [5.41, 5.74) is 5.82. The number of aromatic nitrogens is 1. The van der Waals surface area contributed by atoms with Gasteiger partial charge in [-0.3, -0.25) is 10.2 Å². The average molecular weight is 477 g/mol. The van der Waals surface area contributed by atoms with Crippen molar-refractivity contribution in [2.75, 3.05) is 12.5 Å². The van der Waals surface area contributed by atoms with E-state index < -0.39 is 11.5 Å². The van der Waals surface area contributed by atoms with Crippen LogP contribution in [0.15, 0.2) is 76.6 Å². The molecule has 0 aliphatic carbocycles. The fourth-order valence-corrected chi connectivity index (χ4v) is 5.20. The lowest BCUT2D eigenvalue weighted by atomic mass is 9.75. The molecule has 3 unspecified atom stereocenters. The summed E-state index contributed by atoms with van der Waals surface area (Å²) in [5, 5.41) is 8.87. The number of hydrazone groups is 1. The lowest BCUT2D eigenvalue weighted by molar-refractivity contribution is 0.0606. The lowest BCUT2D eigenvalue weighted by Crippen LogP contribution is -2.44. The molecule has 0 amide bonds. The fourth-order valence-electron chi connectivity index (χ4n) is 4.44. The minimum Gasteiger partial charge on any atom is -0.465 e. The minimum absolute atomic E-state index is 0.0637. The largest absolute Gasteiger partial charge is 0.465 e. The number of anilines is 1. The number of rotatable bonds is 6. The molecule has 7 nitrogen and oxygen atoms in total. The highest BCUT2D eigenvalue weighted by Crippen LogP contribution is 2.39. The second-order valence-electron chi connectivity index (χ2n) is 8.56. The van der Waals surface area contributed by atoms with Gasteiger partial charge in [0.15, 0.2) is 0 Å². The van der Waals surface area contributed by atoms with Crippen LogP contribution >= 0.6 is 11.3 Å². The van der Waals surface area contributed by atoms with Crippen molar-refractivity contribution in [1.82, 2.24) is 10.3 Å². The van der Waals surface area contributed by atoms with E-state index in [0.717, 1.165) is 17.0 Å². The number of hydrogen-bond acceptors (Lipinski definition) is 8. The third-order valence-electron chi connectivity index (χ3n) is 5.97. The van der Waals surface area contributed by atoms with Crippen molar-refractivity contribution >= 4 is 28.1 Å². The first-order valence-corrected chi connectivity index (χ1v) is 12.1. The second-order valence-corrected chi connectivity index (χ2v) is 9.60. The Bertz CT molecular complexity index is 1210. The van der Waals surface area contributed by atoms with Gasteiger partial charge in [-0.25, -0.2) is 4.79 Å². The van der Waals surface area contributed by atoms with Crippen LogP contribution in [0.3, 0.4) is 0 Å². The van der Waals surface area contributed by atoms with Crippen molar-refractivity contribution in [3.63, 3.8) is 0 Å². The Labute approximate surface area is 202 Å². The van der Waals surface area contributed by atoms with Gasteiger partial charge in [0.05, 0.1) is 7.11 Å². The first-order chi connectivity index (χ1) is 16.5. The maximum atomic E-state index is 12.0.